The van der Waals surface area contributed by atoms with Crippen molar-refractivity contribution in [2.24, 2.45) is 11.8 Å². The Kier molecular flexibility index (Phi) is 6.79. The minimum atomic E-state index is 0.244. The van der Waals surface area contributed by atoms with Gasteiger partial charge in [-0.2, -0.15) is 0 Å². The largest absolute Gasteiger partial charge is 0.456 e. The molecule has 1 heteroatoms. The van der Waals surface area contributed by atoms with Crippen molar-refractivity contribution in [3.05, 3.63) is 189 Å². The van der Waals surface area contributed by atoms with Gasteiger partial charge >= 0.3 is 0 Å². The second-order valence-corrected chi connectivity index (χ2v) is 14.1. The lowest BCUT2D eigenvalue weighted by atomic mass is 9.67. The SMILES string of the molecule is C1=CCCC(C2=c3ccccc3=C(C3=c4ccccc4=C(C4=CC=CC(c5cccc6c5oc5ccccc56)C4)C4C=CC=CC34)CC2)=C1. The van der Waals surface area contributed by atoms with Crippen molar-refractivity contribution in [1.29, 1.82) is 0 Å². The Balaban J connectivity index is 1.17. The highest BCUT2D eigenvalue weighted by Gasteiger charge is 2.35. The third-order valence-corrected chi connectivity index (χ3v) is 11.5. The van der Waals surface area contributed by atoms with Gasteiger partial charge in [0, 0.05) is 34.1 Å². The zero-order valence-electron chi connectivity index (χ0n) is 27.6. The molecule has 10 rings (SSSR count). The second kappa shape index (κ2) is 11.6. The summed E-state index contributed by atoms with van der Waals surface area (Å²) in [5.74, 6) is 0.820. The van der Waals surface area contributed by atoms with Gasteiger partial charge in [-0.25, -0.2) is 0 Å². The molecular formula is C48H38O. The first-order chi connectivity index (χ1) is 24.3. The molecule has 49 heavy (non-hydrogen) atoms. The number of fused-ring (bicyclic) bond motifs is 6. The Bertz CT molecular complexity index is 2640. The monoisotopic (exact) mass is 630 g/mol. The zero-order chi connectivity index (χ0) is 32.3. The van der Waals surface area contributed by atoms with Crippen molar-refractivity contribution in [3.63, 3.8) is 0 Å². The van der Waals surface area contributed by atoms with Gasteiger partial charge in [0.1, 0.15) is 11.2 Å². The first-order valence-corrected chi connectivity index (χ1v) is 18.0. The number of allylic oxidation sites excluding steroid dienone is 12. The predicted octanol–water partition coefficient (Wildman–Crippen LogP) is 9.00. The van der Waals surface area contributed by atoms with Crippen molar-refractivity contribution >= 4 is 44.2 Å². The van der Waals surface area contributed by atoms with Crippen molar-refractivity contribution in [2.75, 3.05) is 0 Å². The summed E-state index contributed by atoms with van der Waals surface area (Å²) in [6, 6.07) is 33.5. The molecule has 3 atom stereocenters. The maximum atomic E-state index is 6.52. The number of hydrogen-bond donors (Lipinski definition) is 0. The average Bonchev–Trinajstić information content (AvgIpc) is 3.56. The van der Waals surface area contributed by atoms with Gasteiger partial charge in [0.25, 0.3) is 0 Å². The highest BCUT2D eigenvalue weighted by Crippen LogP contribution is 2.46. The van der Waals surface area contributed by atoms with E-state index in [9.17, 15) is 0 Å². The van der Waals surface area contributed by atoms with E-state index in [4.69, 9.17) is 4.42 Å². The van der Waals surface area contributed by atoms with Gasteiger partial charge in [-0.3, -0.25) is 0 Å². The molecule has 0 amide bonds. The smallest absolute Gasteiger partial charge is 0.139 e. The third-order valence-electron chi connectivity index (χ3n) is 11.5. The van der Waals surface area contributed by atoms with Crippen molar-refractivity contribution in [3.8, 4) is 0 Å². The summed E-state index contributed by atoms with van der Waals surface area (Å²) in [5, 5.41) is 8.04. The van der Waals surface area contributed by atoms with Gasteiger partial charge in [0.05, 0.1) is 0 Å². The minimum Gasteiger partial charge on any atom is -0.456 e. The van der Waals surface area contributed by atoms with Crippen LogP contribution in [0.3, 0.4) is 0 Å². The zero-order valence-corrected chi connectivity index (χ0v) is 27.6. The lowest BCUT2D eigenvalue weighted by Gasteiger charge is -2.36. The van der Waals surface area contributed by atoms with E-state index in [0.29, 0.717) is 5.92 Å². The number of furan rings is 1. The molecule has 0 spiro atoms. The molecule has 0 saturated heterocycles. The summed E-state index contributed by atoms with van der Waals surface area (Å²) in [4.78, 5) is 0. The van der Waals surface area contributed by atoms with Crippen molar-refractivity contribution in [1.82, 2.24) is 0 Å². The van der Waals surface area contributed by atoms with E-state index in [2.05, 4.69) is 152 Å². The van der Waals surface area contributed by atoms with Crippen molar-refractivity contribution < 1.29 is 4.42 Å². The van der Waals surface area contributed by atoms with Crippen LogP contribution in [0.4, 0.5) is 0 Å². The first-order valence-electron chi connectivity index (χ1n) is 18.0. The van der Waals surface area contributed by atoms with Gasteiger partial charge in [0.2, 0.25) is 0 Å². The van der Waals surface area contributed by atoms with Gasteiger partial charge in [0.15, 0.2) is 0 Å². The summed E-state index contributed by atoms with van der Waals surface area (Å²) in [7, 11) is 0. The van der Waals surface area contributed by atoms with Crippen LogP contribution in [-0.4, -0.2) is 0 Å². The molecule has 0 N–H and O–H groups in total. The Morgan fingerprint density at radius 1 is 0.510 bits per heavy atom. The fourth-order valence-corrected chi connectivity index (χ4v) is 9.37. The Labute approximate surface area is 287 Å². The van der Waals surface area contributed by atoms with E-state index >= 15 is 0 Å². The van der Waals surface area contributed by atoms with E-state index in [1.165, 1.54) is 65.1 Å². The van der Waals surface area contributed by atoms with Gasteiger partial charge in [-0.05, 0) is 92.5 Å². The summed E-state index contributed by atoms with van der Waals surface area (Å²) in [5.41, 5.74) is 12.3. The normalized spacial score (nSPS) is 22.7. The van der Waals surface area contributed by atoms with Gasteiger partial charge < -0.3 is 4.42 Å². The van der Waals surface area contributed by atoms with E-state index < -0.39 is 0 Å². The number of benzene rings is 4. The summed E-state index contributed by atoms with van der Waals surface area (Å²) >= 11 is 0. The van der Waals surface area contributed by atoms with Crippen molar-refractivity contribution in [2.45, 2.75) is 38.0 Å². The molecule has 236 valence electrons. The molecule has 0 bridgehead atoms. The minimum absolute atomic E-state index is 0.244. The molecule has 0 fully saturated rings. The Morgan fingerprint density at radius 3 is 2.00 bits per heavy atom. The molecule has 1 heterocycles. The maximum absolute atomic E-state index is 6.52. The van der Waals surface area contributed by atoms with Crippen LogP contribution < -0.4 is 20.9 Å². The van der Waals surface area contributed by atoms with E-state index in [1.54, 1.807) is 5.57 Å². The van der Waals surface area contributed by atoms with Crippen LogP contribution in [0.1, 0.15) is 43.6 Å². The highest BCUT2D eigenvalue weighted by atomic mass is 16.3. The van der Waals surface area contributed by atoms with Crippen LogP contribution in [0.2, 0.25) is 0 Å². The summed E-state index contributed by atoms with van der Waals surface area (Å²) in [6.07, 6.45) is 28.8. The lowest BCUT2D eigenvalue weighted by Crippen LogP contribution is -2.43. The molecule has 4 aromatic carbocycles. The van der Waals surface area contributed by atoms with Crippen LogP contribution >= 0.6 is 0 Å². The van der Waals surface area contributed by atoms with Crippen LogP contribution in [0.15, 0.2) is 167 Å². The van der Waals surface area contributed by atoms with Gasteiger partial charge in [-0.1, -0.05) is 146 Å². The molecule has 5 aliphatic carbocycles. The quantitative estimate of drug-likeness (QED) is 0.193. The fraction of sp³-hybridized carbons (Fsp3) is 0.167. The molecule has 0 aliphatic heterocycles. The molecule has 3 unspecified atom stereocenters. The first kappa shape index (κ1) is 28.6. The molecule has 0 radical (unpaired) electrons. The predicted molar refractivity (Wildman–Crippen MR) is 204 cm³/mol. The van der Waals surface area contributed by atoms with Crippen LogP contribution in [-0.2, 0) is 0 Å². The van der Waals surface area contributed by atoms with Gasteiger partial charge in [-0.15, -0.1) is 0 Å². The topological polar surface area (TPSA) is 13.1 Å². The molecule has 5 aromatic rings. The molecule has 1 nitrogen and oxygen atoms in total. The summed E-state index contributed by atoms with van der Waals surface area (Å²) in [6.45, 7) is 0. The average molecular weight is 631 g/mol. The highest BCUT2D eigenvalue weighted by molar-refractivity contribution is 6.06. The standard InChI is InChI=1S/C48H38O/c1-2-14-31(15-3-1)34-28-29-43(37-19-5-4-18-36(34)37)47-41-23-8-6-21-39(41)46(40-22-7-9-24-42(40)47)33-17-12-16-32(30-33)35-25-13-26-44-38-20-10-11-27-45(38)49-48(35)44/h1-2,4-14,16-27,32,39,41H,3,15,28-30H2. The van der Waals surface area contributed by atoms with Crippen LogP contribution in [0.25, 0.3) is 44.2 Å². The maximum Gasteiger partial charge on any atom is 0.139 e. The number of rotatable bonds is 4. The Hall–Kier alpha value is -5.40. The van der Waals surface area contributed by atoms with Crippen LogP contribution in [0, 0.1) is 11.8 Å². The Morgan fingerprint density at radius 2 is 1.18 bits per heavy atom. The molecule has 1 aromatic heterocycles. The second-order valence-electron chi connectivity index (χ2n) is 14.1. The lowest BCUT2D eigenvalue weighted by molar-refractivity contribution is 0.653. The summed E-state index contributed by atoms with van der Waals surface area (Å²) < 4.78 is 6.52. The number of para-hydroxylation sites is 2. The van der Waals surface area contributed by atoms with E-state index in [-0.39, 0.29) is 11.8 Å². The molecule has 0 saturated carbocycles. The fourth-order valence-electron chi connectivity index (χ4n) is 9.37. The molecular weight excluding hydrogens is 593 g/mol. The van der Waals surface area contributed by atoms with Crippen LogP contribution in [0.5, 0.6) is 0 Å². The third kappa shape index (κ3) is 4.60. The number of hydrogen-bond acceptors (Lipinski definition) is 1. The van der Waals surface area contributed by atoms with E-state index in [0.717, 1.165) is 43.3 Å². The van der Waals surface area contributed by atoms with E-state index in [1.807, 2.05) is 0 Å². The molecule has 5 aliphatic rings.